The minimum Gasteiger partial charge on any atom is -0.464 e. The fraction of sp³-hybridized carbons (Fsp3) is 0.417. The van der Waals surface area contributed by atoms with Crippen LogP contribution in [0.1, 0.15) is 23.0 Å². The average molecular weight is 252 g/mol. The highest BCUT2D eigenvalue weighted by Gasteiger charge is 2.03. The van der Waals surface area contributed by atoms with Gasteiger partial charge in [0.25, 0.3) is 0 Å². The molecule has 2 aromatic heterocycles. The van der Waals surface area contributed by atoms with Gasteiger partial charge in [-0.2, -0.15) is 11.8 Å². The van der Waals surface area contributed by atoms with Crippen molar-refractivity contribution in [3.05, 3.63) is 41.2 Å². The summed E-state index contributed by atoms with van der Waals surface area (Å²) in [5.74, 6) is 3.73. The molecular weight excluding hydrogens is 236 g/mol. The first-order valence-electron chi connectivity index (χ1n) is 5.47. The van der Waals surface area contributed by atoms with Crippen LogP contribution in [-0.2, 0) is 18.8 Å². The van der Waals surface area contributed by atoms with E-state index in [1.165, 1.54) is 0 Å². The third kappa shape index (κ3) is 3.64. The van der Waals surface area contributed by atoms with Gasteiger partial charge in [-0.05, 0) is 25.3 Å². The molecule has 0 radical (unpaired) electrons. The van der Waals surface area contributed by atoms with Crippen LogP contribution in [0.3, 0.4) is 0 Å². The van der Waals surface area contributed by atoms with Crippen molar-refractivity contribution in [1.29, 1.82) is 0 Å². The molecule has 0 saturated heterocycles. The Morgan fingerprint density at radius 3 is 2.71 bits per heavy atom. The molecule has 0 aliphatic heterocycles. The van der Waals surface area contributed by atoms with E-state index in [9.17, 15) is 0 Å². The highest BCUT2D eigenvalue weighted by atomic mass is 32.2. The number of hydrogen-bond acceptors (Lipinski definition) is 5. The Morgan fingerprint density at radius 2 is 2.00 bits per heavy atom. The van der Waals surface area contributed by atoms with E-state index in [1.54, 1.807) is 11.8 Å². The van der Waals surface area contributed by atoms with E-state index in [4.69, 9.17) is 8.94 Å². The minimum atomic E-state index is 0.666. The van der Waals surface area contributed by atoms with Crippen LogP contribution in [0, 0.1) is 6.92 Å². The summed E-state index contributed by atoms with van der Waals surface area (Å²) in [6.45, 7) is 3.28. The van der Waals surface area contributed by atoms with Crippen molar-refractivity contribution in [1.82, 2.24) is 10.5 Å². The van der Waals surface area contributed by atoms with Crippen LogP contribution in [-0.4, -0.2) is 11.4 Å². The van der Waals surface area contributed by atoms with Crippen molar-refractivity contribution in [2.24, 2.45) is 0 Å². The van der Waals surface area contributed by atoms with E-state index in [1.807, 2.05) is 25.1 Å². The number of hydrogen-bond donors (Lipinski definition) is 1. The lowest BCUT2D eigenvalue weighted by Gasteiger charge is -1.98. The normalized spacial score (nSPS) is 10.9. The zero-order valence-electron chi connectivity index (χ0n) is 10.0. The number of nitrogens with one attached hydrogen (secondary N) is 1. The molecule has 2 rings (SSSR count). The van der Waals surface area contributed by atoms with Crippen LogP contribution < -0.4 is 5.32 Å². The van der Waals surface area contributed by atoms with Crippen LogP contribution in [0.4, 0.5) is 0 Å². The van der Waals surface area contributed by atoms with Crippen molar-refractivity contribution in [2.75, 3.05) is 6.26 Å². The van der Waals surface area contributed by atoms with E-state index in [2.05, 4.69) is 16.7 Å². The summed E-state index contributed by atoms with van der Waals surface area (Å²) >= 11 is 1.75. The minimum absolute atomic E-state index is 0.666. The first kappa shape index (κ1) is 12.3. The van der Waals surface area contributed by atoms with Gasteiger partial charge in [0.05, 0.1) is 24.5 Å². The molecular formula is C12H16N2O2S. The van der Waals surface area contributed by atoms with Gasteiger partial charge in [0.15, 0.2) is 5.76 Å². The lowest BCUT2D eigenvalue weighted by atomic mass is 10.3. The second-order valence-corrected chi connectivity index (χ2v) is 4.71. The number of rotatable bonds is 6. The Morgan fingerprint density at radius 1 is 1.24 bits per heavy atom. The number of nitrogens with zero attached hydrogens (tertiary/aromatic N) is 1. The Labute approximate surface area is 105 Å². The molecule has 0 aromatic carbocycles. The van der Waals surface area contributed by atoms with Crippen molar-refractivity contribution < 1.29 is 8.94 Å². The summed E-state index contributed by atoms with van der Waals surface area (Å²) in [6, 6.07) is 5.95. The molecule has 4 nitrogen and oxygen atoms in total. The van der Waals surface area contributed by atoms with Gasteiger partial charge in [-0.15, -0.1) is 0 Å². The molecule has 0 fully saturated rings. The summed E-state index contributed by atoms with van der Waals surface area (Å²) in [6.07, 6.45) is 2.06. The van der Waals surface area contributed by atoms with Crippen molar-refractivity contribution in [3.8, 4) is 0 Å². The molecule has 0 spiro atoms. The fourth-order valence-corrected chi connectivity index (χ4v) is 1.99. The first-order chi connectivity index (χ1) is 8.28. The van der Waals surface area contributed by atoms with Gasteiger partial charge in [0.1, 0.15) is 11.5 Å². The number of aryl methyl sites for hydroxylation is 1. The summed E-state index contributed by atoms with van der Waals surface area (Å²) in [4.78, 5) is 0. The summed E-state index contributed by atoms with van der Waals surface area (Å²) in [5, 5.41) is 7.08. The van der Waals surface area contributed by atoms with Crippen molar-refractivity contribution >= 4 is 11.8 Å². The topological polar surface area (TPSA) is 51.2 Å². The molecule has 92 valence electrons. The quantitative estimate of drug-likeness (QED) is 0.856. The smallest absolute Gasteiger partial charge is 0.150 e. The molecule has 0 aliphatic rings. The van der Waals surface area contributed by atoms with E-state index in [0.29, 0.717) is 13.1 Å². The highest BCUT2D eigenvalue weighted by Crippen LogP contribution is 2.13. The average Bonchev–Trinajstić information content (AvgIpc) is 2.89. The Balaban J connectivity index is 1.77. The Bertz CT molecular complexity index is 465. The van der Waals surface area contributed by atoms with E-state index in [-0.39, 0.29) is 0 Å². The molecule has 0 atom stereocenters. The van der Waals surface area contributed by atoms with E-state index < -0.39 is 0 Å². The van der Waals surface area contributed by atoms with Crippen LogP contribution in [0.5, 0.6) is 0 Å². The van der Waals surface area contributed by atoms with Crippen LogP contribution >= 0.6 is 11.8 Å². The zero-order valence-corrected chi connectivity index (χ0v) is 10.8. The maximum atomic E-state index is 5.64. The largest absolute Gasteiger partial charge is 0.464 e. The van der Waals surface area contributed by atoms with Crippen LogP contribution in [0.15, 0.2) is 27.1 Å². The van der Waals surface area contributed by atoms with Gasteiger partial charge in [0, 0.05) is 6.07 Å². The lowest BCUT2D eigenvalue weighted by molar-refractivity contribution is 0.365. The van der Waals surface area contributed by atoms with Gasteiger partial charge in [-0.1, -0.05) is 5.16 Å². The fourth-order valence-electron chi connectivity index (χ4n) is 1.55. The van der Waals surface area contributed by atoms with Gasteiger partial charge in [-0.3, -0.25) is 0 Å². The Hall–Kier alpha value is -1.20. The maximum absolute atomic E-state index is 5.64. The second kappa shape index (κ2) is 5.93. The van der Waals surface area contributed by atoms with Crippen LogP contribution in [0.25, 0.3) is 0 Å². The molecule has 0 unspecified atom stereocenters. The highest BCUT2D eigenvalue weighted by molar-refractivity contribution is 7.97. The number of thioether (sulfide) groups is 1. The number of furan rings is 1. The molecule has 0 bridgehead atoms. The molecule has 2 heterocycles. The molecule has 5 heteroatoms. The van der Waals surface area contributed by atoms with Gasteiger partial charge >= 0.3 is 0 Å². The first-order valence-corrected chi connectivity index (χ1v) is 6.87. The van der Waals surface area contributed by atoms with Crippen molar-refractivity contribution in [2.45, 2.75) is 25.8 Å². The monoisotopic (exact) mass is 252 g/mol. The van der Waals surface area contributed by atoms with Crippen LogP contribution in [0.2, 0.25) is 0 Å². The molecule has 0 amide bonds. The SMILES string of the molecule is CSCc1ccc(CNCc2cc(C)no2)o1. The van der Waals surface area contributed by atoms with Gasteiger partial charge in [-0.25, -0.2) is 0 Å². The molecule has 2 aromatic rings. The van der Waals surface area contributed by atoms with E-state index >= 15 is 0 Å². The molecule has 0 aliphatic carbocycles. The summed E-state index contributed by atoms with van der Waals surface area (Å²) in [5.41, 5.74) is 0.905. The van der Waals surface area contributed by atoms with Crippen molar-refractivity contribution in [3.63, 3.8) is 0 Å². The van der Waals surface area contributed by atoms with Gasteiger partial charge < -0.3 is 14.3 Å². The molecule has 1 N–H and O–H groups in total. The maximum Gasteiger partial charge on any atom is 0.150 e. The molecule has 17 heavy (non-hydrogen) atoms. The predicted molar refractivity (Wildman–Crippen MR) is 67.7 cm³/mol. The van der Waals surface area contributed by atoms with E-state index in [0.717, 1.165) is 28.7 Å². The standard InChI is InChI=1S/C12H16N2O2S/c1-9-5-12(16-14-9)7-13-6-10-3-4-11(15-10)8-17-2/h3-5,13H,6-8H2,1-2H3. The summed E-state index contributed by atoms with van der Waals surface area (Å²) < 4.78 is 10.7. The van der Waals surface area contributed by atoms with Gasteiger partial charge in [0.2, 0.25) is 0 Å². The third-order valence-corrected chi connectivity index (χ3v) is 2.85. The Kier molecular flexibility index (Phi) is 4.28. The number of aromatic nitrogens is 1. The second-order valence-electron chi connectivity index (χ2n) is 3.84. The summed E-state index contributed by atoms with van der Waals surface area (Å²) in [7, 11) is 0. The third-order valence-electron chi connectivity index (χ3n) is 2.28. The predicted octanol–water partition coefficient (Wildman–Crippen LogP) is 2.73. The lowest BCUT2D eigenvalue weighted by Crippen LogP contribution is -2.11. The zero-order chi connectivity index (χ0) is 12.1. The molecule has 0 saturated carbocycles.